The molecule has 4 rings (SSSR count). The van der Waals surface area contributed by atoms with Crippen molar-refractivity contribution in [2.75, 3.05) is 6.54 Å². The Hall–Kier alpha value is -3.96. The van der Waals surface area contributed by atoms with Crippen molar-refractivity contribution in [1.82, 2.24) is 25.8 Å². The Morgan fingerprint density at radius 2 is 1.73 bits per heavy atom. The van der Waals surface area contributed by atoms with Gasteiger partial charge in [-0.25, -0.2) is 8.78 Å². The van der Waals surface area contributed by atoms with Gasteiger partial charge < -0.3 is 20.9 Å². The number of nitrogens with zero attached hydrogens (tertiary/aromatic N) is 2. The lowest BCUT2D eigenvalue weighted by Crippen LogP contribution is -2.60. The number of ketones is 1. The fourth-order valence-corrected chi connectivity index (χ4v) is 6.41. The maximum atomic E-state index is 14.3. The van der Waals surface area contributed by atoms with E-state index < -0.39 is 65.8 Å². The Morgan fingerprint density at radius 3 is 2.40 bits per heavy atom. The normalized spacial score (nSPS) is 21.6. The molecule has 3 N–H and O–H groups in total. The van der Waals surface area contributed by atoms with Gasteiger partial charge in [0.1, 0.15) is 18.1 Å². The Bertz CT molecular complexity index is 1440. The molecular formula is C33H43F2N5O5. The molecule has 2 heterocycles. The lowest BCUT2D eigenvalue weighted by atomic mass is 9.85. The Kier molecular flexibility index (Phi) is 10.5. The number of fused-ring (bicyclic) bond motifs is 2. The van der Waals surface area contributed by atoms with E-state index >= 15 is 0 Å². The van der Waals surface area contributed by atoms with Crippen LogP contribution in [0, 0.1) is 17.3 Å². The Balaban J connectivity index is 1.60. The minimum absolute atomic E-state index is 0.00288. The van der Waals surface area contributed by atoms with Gasteiger partial charge in [-0.05, 0) is 55.6 Å². The Labute approximate surface area is 262 Å². The maximum Gasteiger partial charge on any atom is 0.289 e. The molecule has 0 spiro atoms. The highest BCUT2D eigenvalue weighted by Crippen LogP contribution is 2.43. The number of benzene rings is 1. The topological polar surface area (TPSA) is 138 Å². The van der Waals surface area contributed by atoms with Crippen molar-refractivity contribution in [2.24, 2.45) is 17.3 Å². The van der Waals surface area contributed by atoms with Crippen molar-refractivity contribution in [3.8, 4) is 0 Å². The SMILES string of the molecule is CC[C@@H](C)NC(=O)C(=O)C(CC(F)F)NC(=O)[C@@H]1[C@@H]2CCC[C@@H]2CN1C(=O)[C@H](NC(=O)c1ccnc2ccccc12)C(C)(C)C. The first-order chi connectivity index (χ1) is 21.2. The minimum atomic E-state index is -2.96. The third-order valence-electron chi connectivity index (χ3n) is 8.98. The van der Waals surface area contributed by atoms with Crippen LogP contribution in [-0.4, -0.2) is 76.4 Å². The number of rotatable bonds is 11. The van der Waals surface area contributed by atoms with Crippen LogP contribution in [0.4, 0.5) is 8.78 Å². The van der Waals surface area contributed by atoms with Crippen LogP contribution in [0.15, 0.2) is 36.5 Å². The van der Waals surface area contributed by atoms with Crippen LogP contribution in [0.5, 0.6) is 0 Å². The van der Waals surface area contributed by atoms with Crippen LogP contribution in [0.25, 0.3) is 10.9 Å². The zero-order valence-electron chi connectivity index (χ0n) is 26.4. The first-order valence-corrected chi connectivity index (χ1v) is 15.6. The van der Waals surface area contributed by atoms with E-state index in [-0.39, 0.29) is 24.4 Å². The van der Waals surface area contributed by atoms with E-state index in [9.17, 15) is 32.8 Å². The van der Waals surface area contributed by atoms with Crippen molar-refractivity contribution < 1.29 is 32.8 Å². The fourth-order valence-electron chi connectivity index (χ4n) is 6.41. The van der Waals surface area contributed by atoms with Crippen molar-refractivity contribution in [3.05, 3.63) is 42.1 Å². The van der Waals surface area contributed by atoms with Crippen LogP contribution in [0.1, 0.15) is 77.1 Å². The van der Waals surface area contributed by atoms with Gasteiger partial charge in [0.15, 0.2) is 0 Å². The molecule has 1 aliphatic heterocycles. The number of carbonyl (C=O) groups excluding carboxylic acids is 5. The third-order valence-corrected chi connectivity index (χ3v) is 8.98. The van der Waals surface area contributed by atoms with Gasteiger partial charge in [0.2, 0.25) is 24.0 Å². The average molecular weight is 628 g/mol. The molecule has 2 aliphatic rings. The lowest BCUT2D eigenvalue weighted by molar-refractivity contribution is -0.145. The number of para-hydroxylation sites is 1. The number of hydrogen-bond acceptors (Lipinski definition) is 6. The highest BCUT2D eigenvalue weighted by atomic mass is 19.3. The number of pyridine rings is 1. The van der Waals surface area contributed by atoms with Crippen LogP contribution in [0.2, 0.25) is 0 Å². The summed E-state index contributed by atoms with van der Waals surface area (Å²) in [5.74, 6) is -4.16. The highest BCUT2D eigenvalue weighted by Gasteiger charge is 2.52. The van der Waals surface area contributed by atoms with Gasteiger partial charge in [-0.3, -0.25) is 29.0 Å². The van der Waals surface area contributed by atoms with E-state index in [2.05, 4.69) is 20.9 Å². The molecule has 1 aromatic carbocycles. The second kappa shape index (κ2) is 14.0. The second-order valence-corrected chi connectivity index (χ2v) is 13.3. The summed E-state index contributed by atoms with van der Waals surface area (Å²) in [4.78, 5) is 72.9. The first kappa shape index (κ1) is 33.9. The molecule has 1 unspecified atom stereocenters. The summed E-state index contributed by atoms with van der Waals surface area (Å²) in [6.45, 7) is 9.14. The highest BCUT2D eigenvalue weighted by molar-refractivity contribution is 6.38. The number of Topliss-reactive ketones (excluding diaryl/α,β-unsaturated/α-hetero) is 1. The van der Waals surface area contributed by atoms with Gasteiger partial charge in [-0.2, -0.15) is 0 Å². The molecule has 2 fully saturated rings. The molecule has 45 heavy (non-hydrogen) atoms. The zero-order chi connectivity index (χ0) is 33.1. The number of nitrogens with one attached hydrogen (secondary N) is 3. The molecule has 1 aromatic heterocycles. The zero-order valence-corrected chi connectivity index (χ0v) is 26.4. The monoisotopic (exact) mass is 627 g/mol. The first-order valence-electron chi connectivity index (χ1n) is 15.6. The summed E-state index contributed by atoms with van der Waals surface area (Å²) >= 11 is 0. The number of amides is 4. The molecule has 6 atom stereocenters. The number of alkyl halides is 2. The molecule has 10 nitrogen and oxygen atoms in total. The molecule has 2 aromatic rings. The summed E-state index contributed by atoms with van der Waals surface area (Å²) in [5, 5.41) is 8.40. The van der Waals surface area contributed by atoms with E-state index in [4.69, 9.17) is 0 Å². The molecule has 1 aliphatic carbocycles. The molecule has 1 saturated carbocycles. The average Bonchev–Trinajstić information content (AvgIpc) is 3.59. The summed E-state index contributed by atoms with van der Waals surface area (Å²) in [5.41, 5.74) is 0.203. The molecule has 0 radical (unpaired) electrons. The standard InChI is InChI=1S/C33H43F2N5O5/c1-6-18(2)37-31(44)27(41)24(16-25(34)35)38-30(43)26-20-12-9-10-19(20)17-40(26)32(45)28(33(3,4)5)39-29(42)22-14-15-36-23-13-8-7-11-21(22)23/h7-8,11,13-15,18-20,24-26,28H,6,9-10,12,16-17H2,1-5H3,(H,37,44)(H,38,43)(H,39,42)/t18-,19-,20-,24?,26+,28+/m1/s1. The molecule has 0 bridgehead atoms. The van der Waals surface area contributed by atoms with Gasteiger partial charge in [0.25, 0.3) is 11.8 Å². The summed E-state index contributed by atoms with van der Waals surface area (Å²) in [7, 11) is 0. The summed E-state index contributed by atoms with van der Waals surface area (Å²) < 4.78 is 27.1. The summed E-state index contributed by atoms with van der Waals surface area (Å²) in [6, 6.07) is 4.54. The summed E-state index contributed by atoms with van der Waals surface area (Å²) in [6.07, 6.45) is 0.319. The van der Waals surface area contributed by atoms with Crippen LogP contribution >= 0.6 is 0 Å². The molecular weight excluding hydrogens is 584 g/mol. The van der Waals surface area contributed by atoms with Gasteiger partial charge in [-0.15, -0.1) is 0 Å². The van der Waals surface area contributed by atoms with Gasteiger partial charge >= 0.3 is 0 Å². The van der Waals surface area contributed by atoms with Crippen LogP contribution in [-0.2, 0) is 19.2 Å². The third kappa shape index (κ3) is 7.65. The number of halogens is 2. The molecule has 12 heteroatoms. The predicted molar refractivity (Wildman–Crippen MR) is 164 cm³/mol. The van der Waals surface area contributed by atoms with Crippen molar-refractivity contribution in [2.45, 2.75) is 97.3 Å². The van der Waals surface area contributed by atoms with Gasteiger partial charge in [0.05, 0.1) is 11.1 Å². The van der Waals surface area contributed by atoms with Crippen molar-refractivity contribution >= 4 is 40.3 Å². The minimum Gasteiger partial charge on any atom is -0.347 e. The van der Waals surface area contributed by atoms with E-state index in [0.717, 1.165) is 12.8 Å². The molecule has 4 amide bonds. The van der Waals surface area contributed by atoms with Gasteiger partial charge in [0, 0.05) is 30.6 Å². The van der Waals surface area contributed by atoms with Crippen molar-refractivity contribution in [3.63, 3.8) is 0 Å². The van der Waals surface area contributed by atoms with Crippen LogP contribution in [0.3, 0.4) is 0 Å². The second-order valence-electron chi connectivity index (χ2n) is 13.3. The van der Waals surface area contributed by atoms with E-state index in [1.165, 1.54) is 11.1 Å². The van der Waals surface area contributed by atoms with E-state index in [1.807, 2.05) is 6.07 Å². The number of likely N-dealkylation sites (tertiary alicyclic amines) is 1. The van der Waals surface area contributed by atoms with E-state index in [1.54, 1.807) is 58.9 Å². The number of aromatic nitrogens is 1. The van der Waals surface area contributed by atoms with Crippen LogP contribution < -0.4 is 16.0 Å². The largest absolute Gasteiger partial charge is 0.347 e. The number of carbonyl (C=O) groups is 5. The van der Waals surface area contributed by atoms with Crippen molar-refractivity contribution in [1.29, 1.82) is 0 Å². The van der Waals surface area contributed by atoms with E-state index in [0.29, 0.717) is 29.3 Å². The Morgan fingerprint density at radius 1 is 1.02 bits per heavy atom. The lowest BCUT2D eigenvalue weighted by Gasteiger charge is -2.36. The smallest absolute Gasteiger partial charge is 0.289 e. The maximum absolute atomic E-state index is 14.3. The quantitative estimate of drug-likeness (QED) is 0.326. The van der Waals surface area contributed by atoms with Gasteiger partial charge in [-0.1, -0.05) is 52.3 Å². The molecule has 1 saturated heterocycles. The number of hydrogen-bond donors (Lipinski definition) is 3. The fraction of sp³-hybridized carbons (Fsp3) is 0.576. The molecule has 244 valence electrons. The predicted octanol–water partition coefficient (Wildman–Crippen LogP) is 3.63.